The molecule has 1 N–H and O–H groups in total. The molecule has 6 nitrogen and oxygen atoms in total. The molecule has 1 fully saturated rings. The first kappa shape index (κ1) is 21.0. The number of hydrogen-bond donors (Lipinski definition) is 1. The maximum atomic E-state index is 14.0. The molecule has 1 saturated heterocycles. The third-order valence-corrected chi connectivity index (χ3v) is 5.30. The highest BCUT2D eigenvalue weighted by Crippen LogP contribution is 2.28. The summed E-state index contributed by atoms with van der Waals surface area (Å²) in [6.07, 6.45) is -0.0695. The van der Waals surface area contributed by atoms with E-state index in [2.05, 4.69) is 21.2 Å². The van der Waals surface area contributed by atoms with E-state index in [1.165, 1.54) is 24.1 Å². The van der Waals surface area contributed by atoms with Crippen LogP contribution in [0.4, 0.5) is 10.1 Å². The van der Waals surface area contributed by atoms with E-state index in [9.17, 15) is 18.8 Å². The molecule has 0 saturated carbocycles. The second-order valence-electron chi connectivity index (χ2n) is 6.75. The number of rotatable bonds is 6. The molecule has 29 heavy (non-hydrogen) atoms. The van der Waals surface area contributed by atoms with Gasteiger partial charge < -0.3 is 15.0 Å². The van der Waals surface area contributed by atoms with Gasteiger partial charge >= 0.3 is 5.97 Å². The molecule has 0 spiro atoms. The van der Waals surface area contributed by atoms with Gasteiger partial charge in [-0.25, -0.2) is 4.39 Å². The molecule has 2 unspecified atom stereocenters. The number of para-hydroxylation sites is 1. The maximum absolute atomic E-state index is 14.0. The molecule has 0 aromatic heterocycles. The molecule has 1 aliphatic rings. The van der Waals surface area contributed by atoms with Crippen LogP contribution in [0.2, 0.25) is 0 Å². The van der Waals surface area contributed by atoms with Crippen LogP contribution in [0.5, 0.6) is 0 Å². The van der Waals surface area contributed by atoms with E-state index in [1.807, 2.05) is 6.07 Å². The average Bonchev–Trinajstić information content (AvgIpc) is 3.09. The molecule has 3 rings (SSSR count). The minimum absolute atomic E-state index is 0.0242. The molecule has 152 valence electrons. The minimum Gasteiger partial charge on any atom is -0.469 e. The minimum atomic E-state index is -0.644. The first-order valence-corrected chi connectivity index (χ1v) is 9.86. The molecule has 8 heteroatoms. The number of amides is 2. The monoisotopic (exact) mass is 462 g/mol. The van der Waals surface area contributed by atoms with E-state index in [0.29, 0.717) is 0 Å². The van der Waals surface area contributed by atoms with Gasteiger partial charge in [0.2, 0.25) is 11.8 Å². The van der Waals surface area contributed by atoms with Crippen molar-refractivity contribution in [1.29, 1.82) is 0 Å². The van der Waals surface area contributed by atoms with E-state index in [-0.39, 0.29) is 36.9 Å². The first-order valence-electron chi connectivity index (χ1n) is 9.06. The first-order chi connectivity index (χ1) is 13.9. The maximum Gasteiger partial charge on any atom is 0.307 e. The van der Waals surface area contributed by atoms with Crippen molar-refractivity contribution in [3.63, 3.8) is 0 Å². The number of nitrogens with zero attached hydrogens (tertiary/aromatic N) is 1. The van der Waals surface area contributed by atoms with Crippen molar-refractivity contribution in [2.75, 3.05) is 18.6 Å². The fourth-order valence-electron chi connectivity index (χ4n) is 3.30. The second kappa shape index (κ2) is 9.17. The number of halogens is 2. The van der Waals surface area contributed by atoms with Crippen LogP contribution in [0.25, 0.3) is 0 Å². The molecule has 1 heterocycles. The molecule has 2 aromatic rings. The Morgan fingerprint density at radius 3 is 2.72 bits per heavy atom. The largest absolute Gasteiger partial charge is 0.469 e. The number of nitrogens with one attached hydrogen (secondary N) is 1. The van der Waals surface area contributed by atoms with Crippen LogP contribution < -0.4 is 10.2 Å². The van der Waals surface area contributed by atoms with Crippen molar-refractivity contribution >= 4 is 39.4 Å². The summed E-state index contributed by atoms with van der Waals surface area (Å²) in [6, 6.07) is 12.6. The van der Waals surface area contributed by atoms with Crippen LogP contribution in [0.3, 0.4) is 0 Å². The lowest BCUT2D eigenvalue weighted by Gasteiger charge is -2.21. The Morgan fingerprint density at radius 2 is 2.03 bits per heavy atom. The molecule has 0 aliphatic carbocycles. The zero-order chi connectivity index (χ0) is 21.0. The Kier molecular flexibility index (Phi) is 6.64. The molecule has 0 radical (unpaired) electrons. The topological polar surface area (TPSA) is 75.7 Å². The summed E-state index contributed by atoms with van der Waals surface area (Å²) in [5.74, 6) is -2.31. The summed E-state index contributed by atoms with van der Waals surface area (Å²) in [4.78, 5) is 38.3. The number of carbonyl (C=O) groups excluding carboxylic acids is 3. The van der Waals surface area contributed by atoms with Crippen LogP contribution in [-0.4, -0.2) is 31.4 Å². The third-order valence-electron chi connectivity index (χ3n) is 4.81. The Morgan fingerprint density at radius 1 is 1.28 bits per heavy atom. The Labute approximate surface area is 176 Å². The van der Waals surface area contributed by atoms with Crippen molar-refractivity contribution in [3.05, 3.63) is 64.4 Å². The number of methoxy groups -OCH3 is 1. The van der Waals surface area contributed by atoms with Gasteiger partial charge in [0.15, 0.2) is 0 Å². The van der Waals surface area contributed by atoms with E-state index < -0.39 is 23.7 Å². The van der Waals surface area contributed by atoms with Crippen molar-refractivity contribution < 1.29 is 23.5 Å². The zero-order valence-electron chi connectivity index (χ0n) is 15.7. The van der Waals surface area contributed by atoms with Gasteiger partial charge in [-0.3, -0.25) is 14.4 Å². The molecular formula is C21H20BrFN2O4. The van der Waals surface area contributed by atoms with Crippen LogP contribution in [0, 0.1) is 11.7 Å². The van der Waals surface area contributed by atoms with E-state index in [1.54, 1.807) is 30.3 Å². The summed E-state index contributed by atoms with van der Waals surface area (Å²) in [6.45, 7) is 0.0784. The van der Waals surface area contributed by atoms with Crippen molar-refractivity contribution in [2.24, 2.45) is 5.92 Å². The van der Waals surface area contributed by atoms with E-state index in [4.69, 9.17) is 4.74 Å². The smallest absolute Gasteiger partial charge is 0.307 e. The summed E-state index contributed by atoms with van der Waals surface area (Å²) >= 11 is 3.38. The van der Waals surface area contributed by atoms with Crippen LogP contribution in [0.15, 0.2) is 53.0 Å². The number of hydrogen-bond acceptors (Lipinski definition) is 4. The molecule has 2 aromatic carbocycles. The quantitative estimate of drug-likeness (QED) is 0.667. The number of anilines is 1. The summed E-state index contributed by atoms with van der Waals surface area (Å²) < 4.78 is 19.6. The summed E-state index contributed by atoms with van der Waals surface area (Å²) in [7, 11) is 1.28. The van der Waals surface area contributed by atoms with Crippen LogP contribution in [-0.2, 0) is 19.1 Å². The lowest BCUT2D eigenvalue weighted by atomic mass is 10.0. The van der Waals surface area contributed by atoms with Gasteiger partial charge in [0, 0.05) is 17.4 Å². The average molecular weight is 463 g/mol. The normalized spacial score (nSPS) is 17.1. The standard InChI is InChI=1S/C21H20BrFN2O4/c1-29-20(27)11-17(13-5-4-6-15(22)9-13)24-21(28)14-10-19(26)25(12-14)18-8-3-2-7-16(18)23/h2-9,14,17H,10-12H2,1H3,(H,24,28). The highest BCUT2D eigenvalue weighted by molar-refractivity contribution is 9.10. The molecule has 0 bridgehead atoms. The van der Waals surface area contributed by atoms with Gasteiger partial charge in [0.05, 0.1) is 31.2 Å². The highest BCUT2D eigenvalue weighted by Gasteiger charge is 2.37. The molecular weight excluding hydrogens is 443 g/mol. The zero-order valence-corrected chi connectivity index (χ0v) is 17.3. The summed E-state index contributed by atoms with van der Waals surface area (Å²) in [5.41, 5.74) is 0.888. The molecule has 1 aliphatic heterocycles. The van der Waals surface area contributed by atoms with Gasteiger partial charge in [0.1, 0.15) is 5.82 Å². The predicted octanol–water partition coefficient (Wildman–Crippen LogP) is 3.36. The van der Waals surface area contributed by atoms with E-state index in [0.717, 1.165) is 10.0 Å². The SMILES string of the molecule is COC(=O)CC(NC(=O)C1CC(=O)N(c2ccccc2F)C1)c1cccc(Br)c1. The van der Waals surface area contributed by atoms with Gasteiger partial charge in [0.25, 0.3) is 0 Å². The second-order valence-corrected chi connectivity index (χ2v) is 7.67. The van der Waals surface area contributed by atoms with Gasteiger partial charge in [-0.05, 0) is 29.8 Å². The highest BCUT2D eigenvalue weighted by atomic mass is 79.9. The predicted molar refractivity (Wildman–Crippen MR) is 109 cm³/mol. The number of esters is 1. The van der Waals surface area contributed by atoms with Crippen molar-refractivity contribution in [3.8, 4) is 0 Å². The Hall–Kier alpha value is -2.74. The fraction of sp³-hybridized carbons (Fsp3) is 0.286. The number of benzene rings is 2. The fourth-order valence-corrected chi connectivity index (χ4v) is 3.72. The van der Waals surface area contributed by atoms with Gasteiger partial charge in [-0.15, -0.1) is 0 Å². The summed E-state index contributed by atoms with van der Waals surface area (Å²) in [5, 5.41) is 2.84. The van der Waals surface area contributed by atoms with Crippen molar-refractivity contribution in [1.82, 2.24) is 5.32 Å². The van der Waals surface area contributed by atoms with Crippen LogP contribution in [0.1, 0.15) is 24.4 Å². The van der Waals surface area contributed by atoms with Gasteiger partial charge in [-0.2, -0.15) is 0 Å². The number of carbonyl (C=O) groups is 3. The Balaban J connectivity index is 1.75. The van der Waals surface area contributed by atoms with Crippen LogP contribution >= 0.6 is 15.9 Å². The van der Waals surface area contributed by atoms with E-state index >= 15 is 0 Å². The molecule has 2 atom stereocenters. The molecule has 2 amide bonds. The van der Waals surface area contributed by atoms with Gasteiger partial charge in [-0.1, -0.05) is 40.2 Å². The van der Waals surface area contributed by atoms with Crippen molar-refractivity contribution in [2.45, 2.75) is 18.9 Å². The Bertz CT molecular complexity index is 936. The number of ether oxygens (including phenoxy) is 1. The lowest BCUT2D eigenvalue weighted by Crippen LogP contribution is -2.36. The lowest BCUT2D eigenvalue weighted by molar-refractivity contribution is -0.141. The third kappa shape index (κ3) is 5.00.